The molecule has 1 saturated carbocycles. The summed E-state index contributed by atoms with van der Waals surface area (Å²) in [4.78, 5) is 24.9. The van der Waals surface area contributed by atoms with Gasteiger partial charge in [-0.15, -0.1) is 0 Å². The quantitative estimate of drug-likeness (QED) is 0.744. The lowest BCUT2D eigenvalue weighted by Crippen LogP contribution is -2.30. The van der Waals surface area contributed by atoms with Crippen molar-refractivity contribution >= 4 is 29.0 Å². The summed E-state index contributed by atoms with van der Waals surface area (Å²) in [5.74, 6) is 1.19. The van der Waals surface area contributed by atoms with Gasteiger partial charge in [-0.25, -0.2) is 4.79 Å². The number of anilines is 3. The van der Waals surface area contributed by atoms with Gasteiger partial charge in [-0.1, -0.05) is 18.9 Å². The molecule has 1 spiro atoms. The van der Waals surface area contributed by atoms with Crippen molar-refractivity contribution in [1.82, 2.24) is 0 Å². The third-order valence-electron chi connectivity index (χ3n) is 5.57. The molecule has 7 nitrogen and oxygen atoms in total. The van der Waals surface area contributed by atoms with Gasteiger partial charge in [-0.05, 0) is 42.7 Å². The average Bonchev–Trinajstić information content (AvgIpc) is 3.28. The fourth-order valence-electron chi connectivity index (χ4n) is 4.19. The fraction of sp³-hybridized carbons (Fsp3) is 0.333. The molecule has 2 aromatic carbocycles. The fourth-order valence-corrected chi connectivity index (χ4v) is 4.19. The van der Waals surface area contributed by atoms with Crippen molar-refractivity contribution in [2.24, 2.45) is 0 Å². The Balaban J connectivity index is 1.48. The van der Waals surface area contributed by atoms with E-state index in [0.29, 0.717) is 22.9 Å². The van der Waals surface area contributed by atoms with E-state index >= 15 is 0 Å². The Morgan fingerprint density at radius 2 is 1.61 bits per heavy atom. The molecule has 0 aromatic heterocycles. The number of benzene rings is 2. The van der Waals surface area contributed by atoms with Crippen LogP contribution >= 0.6 is 0 Å². The van der Waals surface area contributed by atoms with E-state index in [1.165, 1.54) is 7.11 Å². The number of amides is 3. The monoisotopic (exact) mass is 381 g/mol. The number of methoxy groups -OCH3 is 2. The molecule has 4 rings (SSSR count). The lowest BCUT2D eigenvalue weighted by Gasteiger charge is -2.20. The van der Waals surface area contributed by atoms with Crippen LogP contribution < -0.4 is 25.4 Å². The summed E-state index contributed by atoms with van der Waals surface area (Å²) in [6.45, 7) is 0. The minimum Gasteiger partial charge on any atom is -0.493 e. The normalized spacial score (nSPS) is 16.4. The van der Waals surface area contributed by atoms with Crippen molar-refractivity contribution < 1.29 is 19.1 Å². The highest BCUT2D eigenvalue weighted by atomic mass is 16.5. The first-order valence-electron chi connectivity index (χ1n) is 9.32. The van der Waals surface area contributed by atoms with Crippen LogP contribution in [0.1, 0.15) is 31.2 Å². The molecule has 3 amide bonds. The minimum atomic E-state index is -0.382. The van der Waals surface area contributed by atoms with Crippen molar-refractivity contribution in [1.29, 1.82) is 0 Å². The minimum absolute atomic E-state index is 0.0759. The van der Waals surface area contributed by atoms with Crippen LogP contribution in [0.2, 0.25) is 0 Å². The molecular formula is C21H23N3O4. The van der Waals surface area contributed by atoms with Crippen LogP contribution in [0, 0.1) is 0 Å². The number of ether oxygens (including phenoxy) is 2. The molecule has 0 unspecified atom stereocenters. The first-order chi connectivity index (χ1) is 13.6. The van der Waals surface area contributed by atoms with E-state index in [1.54, 1.807) is 25.3 Å². The molecule has 7 heteroatoms. The predicted octanol–water partition coefficient (Wildman–Crippen LogP) is 4.11. The molecular weight excluding hydrogens is 358 g/mol. The summed E-state index contributed by atoms with van der Waals surface area (Å²) in [7, 11) is 3.09. The molecule has 28 heavy (non-hydrogen) atoms. The van der Waals surface area contributed by atoms with Gasteiger partial charge in [-0.2, -0.15) is 0 Å². The number of hydrogen-bond donors (Lipinski definition) is 3. The molecule has 3 N–H and O–H groups in total. The molecule has 0 radical (unpaired) electrons. The van der Waals surface area contributed by atoms with Crippen LogP contribution in [0.5, 0.6) is 11.5 Å². The van der Waals surface area contributed by atoms with Gasteiger partial charge >= 0.3 is 6.03 Å². The van der Waals surface area contributed by atoms with Crippen LogP contribution in [0.25, 0.3) is 0 Å². The van der Waals surface area contributed by atoms with E-state index < -0.39 is 0 Å². The number of fused-ring (bicyclic) bond motifs is 2. The Hall–Kier alpha value is -3.22. The van der Waals surface area contributed by atoms with E-state index in [9.17, 15) is 9.59 Å². The standard InChI is InChI=1S/C21H23N3O4/c1-27-17-8-6-14(12-18(17)28-2)23-20(26)22-13-5-7-15-16(11-13)24-19(25)21(15)9-3-4-10-21/h5-8,11-12H,3-4,9-10H2,1-2H3,(H,24,25)(H2,22,23,26). The number of carbonyl (C=O) groups excluding carboxylic acids is 2. The van der Waals surface area contributed by atoms with Gasteiger partial charge in [0.1, 0.15) is 0 Å². The van der Waals surface area contributed by atoms with Gasteiger partial charge in [0.25, 0.3) is 0 Å². The molecule has 1 aliphatic heterocycles. The van der Waals surface area contributed by atoms with Crippen LogP contribution in [-0.2, 0) is 10.2 Å². The largest absolute Gasteiger partial charge is 0.493 e. The first kappa shape index (κ1) is 18.2. The van der Waals surface area contributed by atoms with Crippen molar-refractivity contribution in [2.75, 3.05) is 30.2 Å². The highest BCUT2D eigenvalue weighted by Crippen LogP contribution is 2.49. The van der Waals surface area contributed by atoms with Gasteiger partial charge in [0.2, 0.25) is 5.91 Å². The van der Waals surface area contributed by atoms with Gasteiger partial charge in [0.15, 0.2) is 11.5 Å². The van der Waals surface area contributed by atoms with Crippen LogP contribution in [0.3, 0.4) is 0 Å². The molecule has 1 fully saturated rings. The number of urea groups is 1. The second-order valence-electron chi connectivity index (χ2n) is 7.15. The molecule has 146 valence electrons. The second kappa shape index (κ2) is 7.07. The summed E-state index contributed by atoms with van der Waals surface area (Å²) < 4.78 is 10.4. The zero-order valence-electron chi connectivity index (χ0n) is 15.9. The maximum atomic E-state index is 12.5. The summed E-state index contributed by atoms with van der Waals surface area (Å²) in [6.07, 6.45) is 3.91. The Morgan fingerprint density at radius 1 is 0.964 bits per heavy atom. The molecule has 2 aliphatic rings. The third kappa shape index (κ3) is 3.02. The molecule has 0 bridgehead atoms. The number of rotatable bonds is 4. The van der Waals surface area contributed by atoms with Gasteiger partial charge in [-0.3, -0.25) is 4.79 Å². The summed E-state index contributed by atoms with van der Waals surface area (Å²) in [5.41, 5.74) is 2.65. The third-order valence-corrected chi connectivity index (χ3v) is 5.57. The lowest BCUT2D eigenvalue weighted by molar-refractivity contribution is -0.120. The van der Waals surface area contributed by atoms with E-state index in [-0.39, 0.29) is 17.4 Å². The number of nitrogens with one attached hydrogen (secondary N) is 3. The van der Waals surface area contributed by atoms with E-state index in [4.69, 9.17) is 9.47 Å². The van der Waals surface area contributed by atoms with E-state index in [0.717, 1.165) is 36.9 Å². The van der Waals surface area contributed by atoms with Crippen molar-refractivity contribution in [3.8, 4) is 11.5 Å². The Morgan fingerprint density at radius 3 is 2.29 bits per heavy atom. The lowest BCUT2D eigenvalue weighted by atomic mass is 9.80. The van der Waals surface area contributed by atoms with Crippen LogP contribution in [0.15, 0.2) is 36.4 Å². The Kier molecular flexibility index (Phi) is 4.58. The number of carbonyl (C=O) groups is 2. The maximum absolute atomic E-state index is 12.5. The topological polar surface area (TPSA) is 88.7 Å². The van der Waals surface area contributed by atoms with Crippen molar-refractivity contribution in [2.45, 2.75) is 31.1 Å². The van der Waals surface area contributed by atoms with Gasteiger partial charge < -0.3 is 25.4 Å². The van der Waals surface area contributed by atoms with Crippen LogP contribution in [0.4, 0.5) is 21.9 Å². The van der Waals surface area contributed by atoms with Crippen LogP contribution in [-0.4, -0.2) is 26.2 Å². The van der Waals surface area contributed by atoms with Gasteiger partial charge in [0, 0.05) is 23.1 Å². The molecule has 1 heterocycles. The number of hydrogen-bond acceptors (Lipinski definition) is 4. The van der Waals surface area contributed by atoms with E-state index in [1.807, 2.05) is 18.2 Å². The second-order valence-corrected chi connectivity index (χ2v) is 7.15. The summed E-state index contributed by atoms with van der Waals surface area (Å²) in [5, 5.41) is 8.56. The molecule has 2 aromatic rings. The zero-order chi connectivity index (χ0) is 19.7. The SMILES string of the molecule is COc1ccc(NC(=O)Nc2ccc3c(c2)NC(=O)C32CCCC2)cc1OC. The highest BCUT2D eigenvalue weighted by molar-refractivity contribution is 6.07. The first-order valence-corrected chi connectivity index (χ1v) is 9.32. The van der Waals surface area contributed by atoms with E-state index in [2.05, 4.69) is 16.0 Å². The summed E-state index contributed by atoms with van der Waals surface area (Å²) >= 11 is 0. The smallest absolute Gasteiger partial charge is 0.323 e. The Labute approximate surface area is 163 Å². The summed E-state index contributed by atoms with van der Waals surface area (Å²) in [6, 6.07) is 10.4. The molecule has 1 aliphatic carbocycles. The Bertz CT molecular complexity index is 935. The van der Waals surface area contributed by atoms with Crippen molar-refractivity contribution in [3.05, 3.63) is 42.0 Å². The zero-order valence-corrected chi connectivity index (χ0v) is 15.9. The molecule has 0 atom stereocenters. The average molecular weight is 381 g/mol. The highest BCUT2D eigenvalue weighted by Gasteiger charge is 2.48. The van der Waals surface area contributed by atoms with Gasteiger partial charge in [0.05, 0.1) is 19.6 Å². The molecule has 0 saturated heterocycles. The maximum Gasteiger partial charge on any atom is 0.323 e. The van der Waals surface area contributed by atoms with Crippen molar-refractivity contribution in [3.63, 3.8) is 0 Å². The predicted molar refractivity (Wildman–Crippen MR) is 107 cm³/mol.